The lowest BCUT2D eigenvalue weighted by Gasteiger charge is -2.13. The highest BCUT2D eigenvalue weighted by Gasteiger charge is 2.20. The van der Waals surface area contributed by atoms with Crippen LogP contribution in [0, 0.1) is 5.92 Å². The van der Waals surface area contributed by atoms with Crippen molar-refractivity contribution in [2.75, 3.05) is 6.61 Å². The van der Waals surface area contributed by atoms with Crippen molar-refractivity contribution in [1.29, 1.82) is 0 Å². The molecule has 1 heterocycles. The van der Waals surface area contributed by atoms with Gasteiger partial charge in [-0.2, -0.15) is 0 Å². The zero-order valence-corrected chi connectivity index (χ0v) is 11.4. The fraction of sp³-hybridized carbons (Fsp3) is 0.267. The van der Waals surface area contributed by atoms with Gasteiger partial charge in [0.15, 0.2) is 0 Å². The van der Waals surface area contributed by atoms with Gasteiger partial charge in [0.05, 0.1) is 18.1 Å². The van der Waals surface area contributed by atoms with E-state index in [1.54, 1.807) is 29.2 Å². The van der Waals surface area contributed by atoms with Crippen molar-refractivity contribution in [1.82, 2.24) is 20.3 Å². The van der Waals surface area contributed by atoms with E-state index in [0.29, 0.717) is 5.56 Å². The molecular weight excluding hydrogens is 268 g/mol. The molecule has 0 saturated heterocycles. The highest BCUT2D eigenvalue weighted by Crippen LogP contribution is 2.17. The molecule has 1 aliphatic carbocycles. The number of benzene rings is 1. The molecular formula is C15H16N4O2. The lowest BCUT2D eigenvalue weighted by molar-refractivity contribution is 0.0941. The monoisotopic (exact) mass is 284 g/mol. The van der Waals surface area contributed by atoms with Gasteiger partial charge in [0.25, 0.3) is 5.91 Å². The summed E-state index contributed by atoms with van der Waals surface area (Å²) in [5, 5.41) is 19.7. The number of carbonyl (C=O) groups is 1. The summed E-state index contributed by atoms with van der Waals surface area (Å²) in [4.78, 5) is 12.2. The minimum absolute atomic E-state index is 0.00959. The quantitative estimate of drug-likeness (QED) is 0.819. The highest BCUT2D eigenvalue weighted by atomic mass is 16.3. The molecule has 2 aromatic rings. The normalized spacial score (nSPS) is 20.6. The van der Waals surface area contributed by atoms with Gasteiger partial charge in [-0.15, -0.1) is 5.10 Å². The third-order valence-electron chi connectivity index (χ3n) is 3.54. The Hall–Kier alpha value is -2.47. The molecule has 1 aliphatic rings. The van der Waals surface area contributed by atoms with Gasteiger partial charge in [0, 0.05) is 24.1 Å². The molecule has 0 unspecified atom stereocenters. The van der Waals surface area contributed by atoms with Gasteiger partial charge >= 0.3 is 0 Å². The summed E-state index contributed by atoms with van der Waals surface area (Å²) in [5.74, 6) is 0.0263. The SMILES string of the molecule is O=C(N[C@@H]1C=C[C@H](CO)C1)c1ccc(-n2ccnn2)cc1. The van der Waals surface area contributed by atoms with Crippen molar-refractivity contribution >= 4 is 5.91 Å². The van der Waals surface area contributed by atoms with Crippen LogP contribution in [0.5, 0.6) is 0 Å². The second-order valence-corrected chi connectivity index (χ2v) is 5.04. The highest BCUT2D eigenvalue weighted by molar-refractivity contribution is 5.94. The van der Waals surface area contributed by atoms with E-state index in [4.69, 9.17) is 5.11 Å². The number of hydrogen-bond acceptors (Lipinski definition) is 4. The first-order valence-electron chi connectivity index (χ1n) is 6.83. The van der Waals surface area contributed by atoms with Gasteiger partial charge in [-0.3, -0.25) is 4.79 Å². The number of aromatic nitrogens is 3. The van der Waals surface area contributed by atoms with Crippen LogP contribution in [0.15, 0.2) is 48.8 Å². The number of hydrogen-bond donors (Lipinski definition) is 2. The summed E-state index contributed by atoms with van der Waals surface area (Å²) in [6, 6.07) is 7.16. The van der Waals surface area contributed by atoms with E-state index in [-0.39, 0.29) is 24.5 Å². The second kappa shape index (κ2) is 5.88. The van der Waals surface area contributed by atoms with Gasteiger partial charge in [0.1, 0.15) is 0 Å². The number of amides is 1. The minimum atomic E-state index is -0.117. The van der Waals surface area contributed by atoms with Gasteiger partial charge in [-0.25, -0.2) is 4.68 Å². The minimum Gasteiger partial charge on any atom is -0.396 e. The zero-order chi connectivity index (χ0) is 14.7. The van der Waals surface area contributed by atoms with Crippen LogP contribution in [0.25, 0.3) is 5.69 Å². The van der Waals surface area contributed by atoms with E-state index >= 15 is 0 Å². The molecule has 21 heavy (non-hydrogen) atoms. The fourth-order valence-corrected chi connectivity index (χ4v) is 2.38. The molecule has 6 heteroatoms. The van der Waals surface area contributed by atoms with Gasteiger partial charge in [0.2, 0.25) is 0 Å². The van der Waals surface area contributed by atoms with Gasteiger partial charge < -0.3 is 10.4 Å². The maximum Gasteiger partial charge on any atom is 0.251 e. The van der Waals surface area contributed by atoms with Gasteiger partial charge in [-0.05, 0) is 30.7 Å². The van der Waals surface area contributed by atoms with Crippen LogP contribution >= 0.6 is 0 Å². The topological polar surface area (TPSA) is 80.0 Å². The Labute approximate surface area is 122 Å². The molecule has 1 aromatic heterocycles. The van der Waals surface area contributed by atoms with Crippen molar-refractivity contribution < 1.29 is 9.90 Å². The molecule has 0 radical (unpaired) electrons. The van der Waals surface area contributed by atoms with Crippen molar-refractivity contribution in [3.63, 3.8) is 0 Å². The van der Waals surface area contributed by atoms with E-state index in [0.717, 1.165) is 12.1 Å². The van der Waals surface area contributed by atoms with E-state index in [9.17, 15) is 4.79 Å². The molecule has 0 fully saturated rings. The Kier molecular flexibility index (Phi) is 3.79. The van der Waals surface area contributed by atoms with Gasteiger partial charge in [-0.1, -0.05) is 17.4 Å². The predicted octanol–water partition coefficient (Wildman–Crippen LogP) is 0.934. The molecule has 0 saturated carbocycles. The van der Waals surface area contributed by atoms with Crippen LogP contribution in [0.1, 0.15) is 16.8 Å². The molecule has 108 valence electrons. The van der Waals surface area contributed by atoms with Crippen molar-refractivity contribution in [2.24, 2.45) is 5.92 Å². The molecule has 0 spiro atoms. The molecule has 3 rings (SSSR count). The maximum absolute atomic E-state index is 12.2. The number of rotatable bonds is 4. The molecule has 1 aromatic carbocycles. The average Bonchev–Trinajstić information content (AvgIpc) is 3.19. The van der Waals surface area contributed by atoms with Crippen LogP contribution < -0.4 is 5.32 Å². The van der Waals surface area contributed by atoms with Crippen LogP contribution in [0.3, 0.4) is 0 Å². The smallest absolute Gasteiger partial charge is 0.251 e. The van der Waals surface area contributed by atoms with Crippen LogP contribution in [-0.4, -0.2) is 38.7 Å². The molecule has 1 amide bonds. The first kappa shape index (κ1) is 13.5. The van der Waals surface area contributed by atoms with Crippen molar-refractivity contribution in [2.45, 2.75) is 12.5 Å². The number of nitrogens with one attached hydrogen (secondary N) is 1. The fourth-order valence-electron chi connectivity index (χ4n) is 2.38. The third-order valence-corrected chi connectivity index (χ3v) is 3.54. The summed E-state index contributed by atoms with van der Waals surface area (Å²) in [6.07, 6.45) is 7.97. The van der Waals surface area contributed by atoms with Crippen molar-refractivity contribution in [3.05, 3.63) is 54.4 Å². The maximum atomic E-state index is 12.2. The first-order chi connectivity index (χ1) is 10.3. The van der Waals surface area contributed by atoms with Crippen LogP contribution in [0.2, 0.25) is 0 Å². The number of aliphatic hydroxyl groups excluding tert-OH is 1. The molecule has 2 N–H and O–H groups in total. The van der Waals surface area contributed by atoms with Crippen molar-refractivity contribution in [3.8, 4) is 5.69 Å². The molecule has 0 bridgehead atoms. The summed E-state index contributed by atoms with van der Waals surface area (Å²) in [6.45, 7) is 0.121. The Balaban J connectivity index is 1.64. The summed E-state index contributed by atoms with van der Waals surface area (Å²) < 4.78 is 1.63. The second-order valence-electron chi connectivity index (χ2n) is 5.04. The summed E-state index contributed by atoms with van der Waals surface area (Å²) in [7, 11) is 0. The first-order valence-corrected chi connectivity index (χ1v) is 6.83. The Bertz CT molecular complexity index is 634. The lowest BCUT2D eigenvalue weighted by atomic mass is 10.1. The van der Waals surface area contributed by atoms with E-state index < -0.39 is 0 Å². The van der Waals surface area contributed by atoms with E-state index in [2.05, 4.69) is 15.6 Å². The predicted molar refractivity (Wildman–Crippen MR) is 76.9 cm³/mol. The number of carbonyl (C=O) groups excluding carboxylic acids is 1. The molecule has 2 atom stereocenters. The average molecular weight is 284 g/mol. The van der Waals surface area contributed by atoms with Crippen LogP contribution in [0.4, 0.5) is 0 Å². The summed E-state index contributed by atoms with van der Waals surface area (Å²) in [5.41, 5.74) is 1.45. The Morgan fingerprint density at radius 2 is 2.14 bits per heavy atom. The lowest BCUT2D eigenvalue weighted by Crippen LogP contribution is -2.32. The van der Waals surface area contributed by atoms with E-state index in [1.165, 1.54) is 0 Å². The largest absolute Gasteiger partial charge is 0.396 e. The van der Waals surface area contributed by atoms with Crippen LogP contribution in [-0.2, 0) is 0 Å². The standard InChI is InChI=1S/C15H16N4O2/c20-10-11-1-4-13(9-11)17-15(21)12-2-5-14(6-3-12)19-8-7-16-18-19/h1-8,11,13,20H,9-10H2,(H,17,21)/t11-,13+/m0/s1. The number of nitrogens with zero attached hydrogens (tertiary/aromatic N) is 3. The molecule has 6 nitrogen and oxygen atoms in total. The summed E-state index contributed by atoms with van der Waals surface area (Å²) >= 11 is 0. The molecule has 0 aliphatic heterocycles. The Morgan fingerprint density at radius 1 is 1.33 bits per heavy atom. The third kappa shape index (κ3) is 3.00. The Morgan fingerprint density at radius 3 is 2.76 bits per heavy atom. The van der Waals surface area contributed by atoms with E-state index in [1.807, 2.05) is 24.3 Å². The number of aliphatic hydroxyl groups is 1. The zero-order valence-electron chi connectivity index (χ0n) is 11.4.